The van der Waals surface area contributed by atoms with Gasteiger partial charge in [0.15, 0.2) is 0 Å². The minimum Gasteiger partial charge on any atom is -0.466 e. The topological polar surface area (TPSA) is 26.3 Å². The second kappa shape index (κ2) is 27.7. The highest BCUT2D eigenvalue weighted by Crippen LogP contribution is 2.14. The first-order chi connectivity index (χ1) is 16.2. The smallest absolute Gasteiger partial charge is 0.305 e. The highest BCUT2D eigenvalue weighted by molar-refractivity contribution is 5.69. The lowest BCUT2D eigenvalue weighted by molar-refractivity contribution is -0.143. The van der Waals surface area contributed by atoms with Gasteiger partial charge in [0.05, 0.1) is 6.61 Å². The van der Waals surface area contributed by atoms with E-state index in [9.17, 15) is 4.79 Å². The van der Waals surface area contributed by atoms with Crippen molar-refractivity contribution in [3.63, 3.8) is 0 Å². The summed E-state index contributed by atoms with van der Waals surface area (Å²) >= 11 is 0. The van der Waals surface area contributed by atoms with Crippen LogP contribution in [-0.2, 0) is 9.53 Å². The van der Waals surface area contributed by atoms with Gasteiger partial charge in [0.1, 0.15) is 0 Å². The van der Waals surface area contributed by atoms with E-state index in [0.29, 0.717) is 13.0 Å². The van der Waals surface area contributed by atoms with Crippen LogP contribution in [0.4, 0.5) is 0 Å². The van der Waals surface area contributed by atoms with Crippen molar-refractivity contribution in [2.45, 2.75) is 181 Å². The second-order valence-corrected chi connectivity index (χ2v) is 10.9. The van der Waals surface area contributed by atoms with Crippen LogP contribution >= 0.6 is 0 Å². The van der Waals surface area contributed by atoms with Gasteiger partial charge in [-0.25, -0.2) is 0 Å². The number of carbonyl (C=O) groups is 1. The highest BCUT2D eigenvalue weighted by Gasteiger charge is 2.03. The van der Waals surface area contributed by atoms with Gasteiger partial charge in [0, 0.05) is 6.42 Å². The zero-order chi connectivity index (χ0) is 24.2. The fourth-order valence-electron chi connectivity index (χ4n) is 4.61. The molecule has 0 heterocycles. The first kappa shape index (κ1) is 32.5. The lowest BCUT2D eigenvalue weighted by atomic mass is 10.0. The van der Waals surface area contributed by atoms with Gasteiger partial charge >= 0.3 is 5.97 Å². The van der Waals surface area contributed by atoms with Gasteiger partial charge in [-0.2, -0.15) is 0 Å². The predicted octanol–water partition coefficient (Wildman–Crippen LogP) is 11.0. The summed E-state index contributed by atoms with van der Waals surface area (Å²) in [7, 11) is 0. The third kappa shape index (κ3) is 29.4. The number of carbonyl (C=O) groups excluding carboxylic acids is 1. The van der Waals surface area contributed by atoms with E-state index in [1.165, 1.54) is 141 Å². The number of hydrogen-bond acceptors (Lipinski definition) is 2. The Hall–Kier alpha value is -0.530. The molecule has 0 unspecified atom stereocenters. The molecule has 0 radical (unpaired) electrons. The molecular weight excluding hydrogens is 404 g/mol. The minimum atomic E-state index is 0.0235. The molecule has 0 aromatic heterocycles. The Labute approximate surface area is 209 Å². The Morgan fingerprint density at radius 2 is 0.879 bits per heavy atom. The molecule has 0 aliphatic rings. The van der Waals surface area contributed by atoms with Crippen molar-refractivity contribution in [1.82, 2.24) is 0 Å². The fourth-order valence-corrected chi connectivity index (χ4v) is 4.61. The number of hydrogen-bond donors (Lipinski definition) is 0. The monoisotopic (exact) mass is 466 g/mol. The first-order valence-electron chi connectivity index (χ1n) is 15.3. The molecule has 2 heteroatoms. The third-order valence-electron chi connectivity index (χ3n) is 6.92. The van der Waals surface area contributed by atoms with Crippen molar-refractivity contribution in [2.24, 2.45) is 5.92 Å². The van der Waals surface area contributed by atoms with Crippen LogP contribution in [0.25, 0.3) is 0 Å². The Morgan fingerprint density at radius 3 is 1.30 bits per heavy atom. The van der Waals surface area contributed by atoms with Crippen LogP contribution in [0.15, 0.2) is 0 Å². The van der Waals surface area contributed by atoms with Gasteiger partial charge in [-0.15, -0.1) is 0 Å². The molecule has 0 aliphatic heterocycles. The summed E-state index contributed by atoms with van der Waals surface area (Å²) in [6.45, 7) is 7.55. The summed E-state index contributed by atoms with van der Waals surface area (Å²) < 4.78 is 5.41. The van der Waals surface area contributed by atoms with E-state index in [1.54, 1.807) is 0 Å². The Kier molecular flexibility index (Phi) is 27.3. The van der Waals surface area contributed by atoms with Gasteiger partial charge in [-0.1, -0.05) is 162 Å². The third-order valence-corrected chi connectivity index (χ3v) is 6.92. The van der Waals surface area contributed by atoms with E-state index < -0.39 is 0 Å². The van der Waals surface area contributed by atoms with Crippen molar-refractivity contribution >= 4 is 5.97 Å². The van der Waals surface area contributed by atoms with Gasteiger partial charge in [-0.05, 0) is 18.8 Å². The largest absolute Gasteiger partial charge is 0.466 e. The fraction of sp³-hybridized carbons (Fsp3) is 0.968. The van der Waals surface area contributed by atoms with Gasteiger partial charge in [0.25, 0.3) is 0 Å². The van der Waals surface area contributed by atoms with Crippen LogP contribution in [0.2, 0.25) is 0 Å². The van der Waals surface area contributed by atoms with Crippen molar-refractivity contribution in [3.05, 3.63) is 0 Å². The maximum Gasteiger partial charge on any atom is 0.305 e. The van der Waals surface area contributed by atoms with Gasteiger partial charge < -0.3 is 4.74 Å². The van der Waals surface area contributed by atoms with Crippen LogP contribution in [0.5, 0.6) is 0 Å². The number of esters is 1. The lowest BCUT2D eigenvalue weighted by Gasteiger charge is -2.06. The summed E-state index contributed by atoms with van der Waals surface area (Å²) in [6, 6.07) is 0. The maximum atomic E-state index is 11.8. The lowest BCUT2D eigenvalue weighted by Crippen LogP contribution is -2.05. The summed E-state index contributed by atoms with van der Waals surface area (Å²) in [5.74, 6) is 0.883. The molecule has 198 valence electrons. The predicted molar refractivity (Wildman–Crippen MR) is 147 cm³/mol. The van der Waals surface area contributed by atoms with E-state index in [2.05, 4.69) is 20.8 Å². The average molecular weight is 467 g/mol. The second-order valence-electron chi connectivity index (χ2n) is 10.9. The van der Waals surface area contributed by atoms with Crippen molar-refractivity contribution in [1.29, 1.82) is 0 Å². The molecule has 0 aliphatic carbocycles. The molecule has 0 rings (SSSR count). The normalized spacial score (nSPS) is 11.4. The Morgan fingerprint density at radius 1 is 0.515 bits per heavy atom. The van der Waals surface area contributed by atoms with E-state index >= 15 is 0 Å². The molecule has 0 aromatic rings. The molecule has 0 atom stereocenters. The average Bonchev–Trinajstić information content (AvgIpc) is 2.79. The summed E-state index contributed by atoms with van der Waals surface area (Å²) in [4.78, 5) is 11.8. The summed E-state index contributed by atoms with van der Waals surface area (Å²) in [5, 5.41) is 0. The van der Waals surface area contributed by atoms with Crippen LogP contribution in [0.3, 0.4) is 0 Å². The van der Waals surface area contributed by atoms with Gasteiger partial charge in [-0.3, -0.25) is 4.79 Å². The molecule has 0 fully saturated rings. The zero-order valence-electron chi connectivity index (χ0n) is 23.3. The molecular formula is C31H62O2. The molecule has 2 nitrogen and oxygen atoms in total. The number of rotatable bonds is 27. The first-order valence-corrected chi connectivity index (χ1v) is 15.3. The zero-order valence-corrected chi connectivity index (χ0v) is 23.3. The van der Waals surface area contributed by atoms with Crippen molar-refractivity contribution < 1.29 is 9.53 Å². The molecule has 0 N–H and O–H groups in total. The van der Waals surface area contributed by atoms with Crippen molar-refractivity contribution in [3.8, 4) is 0 Å². The van der Waals surface area contributed by atoms with Gasteiger partial charge in [0.2, 0.25) is 0 Å². The summed E-state index contributed by atoms with van der Waals surface area (Å²) in [5.41, 5.74) is 0. The summed E-state index contributed by atoms with van der Waals surface area (Å²) in [6.07, 6.45) is 32.8. The molecule has 0 amide bonds. The maximum absolute atomic E-state index is 11.8. The Bertz CT molecular complexity index is 377. The quantitative estimate of drug-likeness (QED) is 0.0888. The van der Waals surface area contributed by atoms with Crippen LogP contribution in [0, 0.1) is 5.92 Å². The van der Waals surface area contributed by atoms with E-state index in [1.807, 2.05) is 0 Å². The minimum absolute atomic E-state index is 0.0235. The molecule has 0 saturated carbocycles. The molecule has 0 bridgehead atoms. The number of unbranched alkanes of at least 4 members (excludes halogenated alkanes) is 21. The Balaban J connectivity index is 3.15. The highest BCUT2D eigenvalue weighted by atomic mass is 16.5. The molecule has 0 saturated heterocycles. The van der Waals surface area contributed by atoms with Crippen LogP contribution in [-0.4, -0.2) is 12.6 Å². The van der Waals surface area contributed by atoms with E-state index in [4.69, 9.17) is 4.74 Å². The van der Waals surface area contributed by atoms with E-state index in [-0.39, 0.29) is 5.97 Å². The number of ether oxygens (including phenoxy) is 1. The molecule has 0 spiro atoms. The SMILES string of the molecule is CCCCCCCCCCCCCCCCC(=O)OCCCCCCCCCCCC(C)C. The molecule has 0 aromatic carbocycles. The van der Waals surface area contributed by atoms with Crippen molar-refractivity contribution in [2.75, 3.05) is 6.61 Å². The standard InChI is InChI=1S/C31H62O2/c1-4-5-6-7-8-9-10-11-12-13-16-19-22-25-28-31(32)33-29-26-23-20-17-14-15-18-21-24-27-30(2)3/h30H,4-29H2,1-3H3. The van der Waals surface area contributed by atoms with Crippen LogP contribution in [0.1, 0.15) is 181 Å². The molecule has 33 heavy (non-hydrogen) atoms. The van der Waals surface area contributed by atoms with E-state index in [0.717, 1.165) is 18.8 Å². The van der Waals surface area contributed by atoms with Crippen LogP contribution < -0.4 is 0 Å².